The van der Waals surface area contributed by atoms with Gasteiger partial charge in [-0.1, -0.05) is 12.1 Å². The molecule has 1 saturated carbocycles. The summed E-state index contributed by atoms with van der Waals surface area (Å²) in [7, 11) is 0. The van der Waals surface area contributed by atoms with Gasteiger partial charge in [0, 0.05) is 19.1 Å². The summed E-state index contributed by atoms with van der Waals surface area (Å²) in [5.41, 5.74) is 1.08. The molecule has 0 amide bonds. The molecule has 164 valence electrons. The number of benzene rings is 1. The van der Waals surface area contributed by atoms with Crippen LogP contribution in [-0.2, 0) is 0 Å². The largest absolute Gasteiger partial charge is 0.421 e. The Balaban J connectivity index is 1.33. The van der Waals surface area contributed by atoms with Crippen LogP contribution in [0.5, 0.6) is 11.8 Å². The Morgan fingerprint density at radius 2 is 1.94 bits per heavy atom. The molecule has 0 unspecified atom stereocenters. The molecule has 1 N–H and O–H groups in total. The maximum Gasteiger partial charge on any atom is 0.322 e. The van der Waals surface area contributed by atoms with Crippen LogP contribution in [0.3, 0.4) is 0 Å². The first-order valence-corrected chi connectivity index (χ1v) is 11.6. The van der Waals surface area contributed by atoms with Gasteiger partial charge >= 0.3 is 6.01 Å². The van der Waals surface area contributed by atoms with Gasteiger partial charge in [0.1, 0.15) is 5.00 Å². The van der Waals surface area contributed by atoms with E-state index in [9.17, 15) is 4.39 Å². The van der Waals surface area contributed by atoms with E-state index in [1.165, 1.54) is 23.9 Å². The van der Waals surface area contributed by atoms with E-state index in [-0.39, 0.29) is 11.8 Å². The first-order valence-electron chi connectivity index (χ1n) is 10.8. The summed E-state index contributed by atoms with van der Waals surface area (Å²) in [6, 6.07) is 9.19. The third kappa shape index (κ3) is 3.98. The van der Waals surface area contributed by atoms with E-state index in [1.807, 2.05) is 20.8 Å². The minimum absolute atomic E-state index is 0.0398. The maximum absolute atomic E-state index is 14.1. The lowest BCUT2D eigenvalue weighted by molar-refractivity contribution is 0.360. The molecule has 3 atom stereocenters. The Labute approximate surface area is 185 Å². The van der Waals surface area contributed by atoms with Crippen LogP contribution in [0.25, 0.3) is 0 Å². The molecule has 2 aromatic heterocycles. The standard InChI is InChI=1S/C22H27FN6OS/c1-13(2)29-22(30-18-7-5-4-6-17(18)23)25-21(26-29)24-20-15-8-9-16(20)12-28(11-15)19-10-14(3)27-31-19/h4-7,10,13,15-16,20H,8-9,11-12H2,1-3H3,(H,24,26)/t15-,16+,20-. The summed E-state index contributed by atoms with van der Waals surface area (Å²) in [5, 5.41) is 9.47. The number of para-hydroxylation sites is 1. The van der Waals surface area contributed by atoms with Gasteiger partial charge in [0.05, 0.1) is 11.7 Å². The molecule has 0 radical (unpaired) electrons. The zero-order valence-electron chi connectivity index (χ0n) is 18.0. The van der Waals surface area contributed by atoms with Crippen molar-refractivity contribution in [2.24, 2.45) is 11.8 Å². The van der Waals surface area contributed by atoms with Crippen LogP contribution in [0.1, 0.15) is 38.4 Å². The highest BCUT2D eigenvalue weighted by Crippen LogP contribution is 2.41. The van der Waals surface area contributed by atoms with Gasteiger partial charge in [0.25, 0.3) is 0 Å². The highest BCUT2D eigenvalue weighted by molar-refractivity contribution is 7.10. The minimum atomic E-state index is -0.418. The number of fused-ring (bicyclic) bond motifs is 2. The van der Waals surface area contributed by atoms with E-state index in [1.54, 1.807) is 34.4 Å². The molecule has 1 saturated heterocycles. The lowest BCUT2D eigenvalue weighted by Gasteiger charge is -2.38. The summed E-state index contributed by atoms with van der Waals surface area (Å²) in [5.74, 6) is 1.34. The summed E-state index contributed by atoms with van der Waals surface area (Å²) in [6.45, 7) is 8.08. The van der Waals surface area contributed by atoms with Crippen molar-refractivity contribution in [3.63, 3.8) is 0 Å². The zero-order chi connectivity index (χ0) is 21.5. The highest BCUT2D eigenvalue weighted by atomic mass is 32.1. The molecule has 31 heavy (non-hydrogen) atoms. The molecular weight excluding hydrogens is 415 g/mol. The fourth-order valence-corrected chi connectivity index (χ4v) is 5.47. The average Bonchev–Trinajstić information content (AvgIpc) is 3.40. The lowest BCUT2D eigenvalue weighted by Crippen LogP contribution is -2.48. The van der Waals surface area contributed by atoms with Crippen LogP contribution in [0, 0.1) is 24.6 Å². The number of ether oxygens (including phenoxy) is 1. The maximum atomic E-state index is 14.1. The number of hydrogen-bond acceptors (Lipinski definition) is 7. The smallest absolute Gasteiger partial charge is 0.322 e. The van der Waals surface area contributed by atoms with Gasteiger partial charge in [-0.25, -0.2) is 9.07 Å². The zero-order valence-corrected chi connectivity index (χ0v) is 18.8. The molecule has 1 aromatic carbocycles. The fraction of sp³-hybridized carbons (Fsp3) is 0.500. The van der Waals surface area contributed by atoms with Crippen molar-refractivity contribution in [1.29, 1.82) is 0 Å². The van der Waals surface area contributed by atoms with Gasteiger partial charge in [-0.05, 0) is 75.2 Å². The molecule has 9 heteroatoms. The van der Waals surface area contributed by atoms with Crippen molar-refractivity contribution >= 4 is 22.5 Å². The first kappa shape index (κ1) is 20.2. The monoisotopic (exact) mass is 442 g/mol. The van der Waals surface area contributed by atoms with Gasteiger partial charge in [0.2, 0.25) is 5.95 Å². The first-order chi connectivity index (χ1) is 15.0. The third-order valence-electron chi connectivity index (χ3n) is 6.18. The van der Waals surface area contributed by atoms with E-state index >= 15 is 0 Å². The summed E-state index contributed by atoms with van der Waals surface area (Å²) >= 11 is 1.58. The number of rotatable bonds is 6. The normalized spacial score (nSPS) is 22.9. The summed E-state index contributed by atoms with van der Waals surface area (Å²) in [6.07, 6.45) is 2.39. The van der Waals surface area contributed by atoms with Crippen molar-refractivity contribution in [2.45, 2.75) is 45.7 Å². The summed E-state index contributed by atoms with van der Waals surface area (Å²) in [4.78, 5) is 7.04. The Kier molecular flexibility index (Phi) is 5.29. The molecule has 2 aliphatic rings. The second-order valence-corrected chi connectivity index (χ2v) is 9.55. The van der Waals surface area contributed by atoms with Gasteiger partial charge in [-0.3, -0.25) is 0 Å². The Bertz CT molecular complexity index is 1050. The van der Waals surface area contributed by atoms with Gasteiger partial charge in [0.15, 0.2) is 11.6 Å². The second-order valence-electron chi connectivity index (χ2n) is 8.77. The van der Waals surface area contributed by atoms with Crippen molar-refractivity contribution in [3.05, 3.63) is 41.8 Å². The molecule has 1 aliphatic heterocycles. The molecule has 2 bridgehead atoms. The van der Waals surface area contributed by atoms with Gasteiger partial charge < -0.3 is 15.0 Å². The number of piperidine rings is 1. The molecule has 0 spiro atoms. The Morgan fingerprint density at radius 3 is 2.58 bits per heavy atom. The fourth-order valence-electron chi connectivity index (χ4n) is 4.69. The number of nitrogens with zero attached hydrogens (tertiary/aromatic N) is 5. The van der Waals surface area contributed by atoms with Crippen LogP contribution in [-0.4, -0.2) is 38.3 Å². The molecule has 1 aliphatic carbocycles. The molecular formula is C22H27FN6OS. The average molecular weight is 443 g/mol. The van der Waals surface area contributed by atoms with Crippen LogP contribution >= 0.6 is 11.5 Å². The number of nitrogens with one attached hydrogen (secondary N) is 1. The SMILES string of the molecule is Cc1cc(N2C[C@H]3CC[C@@H](C2)[C@@H]3Nc2nc(Oc3ccccc3F)n(C(C)C)n2)sn1. The topological polar surface area (TPSA) is 68.1 Å². The van der Waals surface area contributed by atoms with E-state index in [0.29, 0.717) is 29.8 Å². The van der Waals surface area contributed by atoms with E-state index in [0.717, 1.165) is 18.8 Å². The third-order valence-corrected chi connectivity index (χ3v) is 7.13. The van der Waals surface area contributed by atoms with E-state index < -0.39 is 5.82 Å². The molecule has 7 nitrogen and oxygen atoms in total. The van der Waals surface area contributed by atoms with Crippen molar-refractivity contribution in [1.82, 2.24) is 19.1 Å². The van der Waals surface area contributed by atoms with Crippen LogP contribution in [0.15, 0.2) is 30.3 Å². The Hall–Kier alpha value is -2.68. The van der Waals surface area contributed by atoms with Crippen LogP contribution in [0.4, 0.5) is 15.3 Å². The number of halogens is 1. The molecule has 3 heterocycles. The predicted octanol–water partition coefficient (Wildman–Crippen LogP) is 4.88. The van der Waals surface area contributed by atoms with Crippen molar-refractivity contribution in [3.8, 4) is 11.8 Å². The van der Waals surface area contributed by atoms with E-state index in [2.05, 4.69) is 30.7 Å². The molecule has 3 aromatic rings. The van der Waals surface area contributed by atoms with Gasteiger partial charge in [-0.15, -0.1) is 5.10 Å². The second kappa shape index (κ2) is 8.11. The molecule has 5 rings (SSSR count). The van der Waals surface area contributed by atoms with Gasteiger partial charge in [-0.2, -0.15) is 9.36 Å². The van der Waals surface area contributed by atoms with Crippen molar-refractivity contribution < 1.29 is 9.13 Å². The molecule has 2 fully saturated rings. The van der Waals surface area contributed by atoms with Crippen molar-refractivity contribution in [2.75, 3.05) is 23.3 Å². The lowest BCUT2D eigenvalue weighted by atomic mass is 9.92. The minimum Gasteiger partial charge on any atom is -0.421 e. The van der Waals surface area contributed by atoms with Crippen LogP contribution < -0.4 is 15.0 Å². The van der Waals surface area contributed by atoms with Crippen LogP contribution in [0.2, 0.25) is 0 Å². The quantitative estimate of drug-likeness (QED) is 0.587. The predicted molar refractivity (Wildman–Crippen MR) is 120 cm³/mol. The number of aryl methyl sites for hydroxylation is 1. The number of aromatic nitrogens is 4. The summed E-state index contributed by atoms with van der Waals surface area (Å²) < 4.78 is 26.0. The highest BCUT2D eigenvalue weighted by Gasteiger charge is 2.43. The number of anilines is 2. The number of hydrogen-bond donors (Lipinski definition) is 1. The van der Waals surface area contributed by atoms with E-state index in [4.69, 9.17) is 4.74 Å². The Morgan fingerprint density at radius 1 is 1.19 bits per heavy atom.